The third-order valence-corrected chi connectivity index (χ3v) is 0.821. The maximum Gasteiger partial charge on any atom is 0.392 e. The van der Waals surface area contributed by atoms with E-state index in [4.69, 9.17) is 0 Å². The van der Waals surface area contributed by atoms with Crippen LogP contribution in [-0.2, 0) is 0 Å². The molecule has 0 bridgehead atoms. The van der Waals surface area contributed by atoms with Gasteiger partial charge in [-0.25, -0.2) is 0 Å². The molecule has 0 aliphatic rings. The van der Waals surface area contributed by atoms with E-state index in [0.717, 1.165) is 0 Å². The Morgan fingerprint density at radius 1 is 1.33 bits per heavy atom. The van der Waals surface area contributed by atoms with Crippen molar-refractivity contribution in [2.75, 3.05) is 0 Å². The zero-order valence-corrected chi connectivity index (χ0v) is 5.50. The number of hydrogen-bond donors (Lipinski definition) is 0. The Morgan fingerprint density at radius 2 is 1.78 bits per heavy atom. The summed E-state index contributed by atoms with van der Waals surface area (Å²) in [5, 5.41) is 0. The lowest BCUT2D eigenvalue weighted by Gasteiger charge is -2.06. The highest BCUT2D eigenvalue weighted by atomic mass is 19.4. The Hall–Kier alpha value is -0.210. The highest BCUT2D eigenvalue weighted by molar-refractivity contribution is 4.74. The molecule has 0 aromatic heterocycles. The molecule has 0 N–H and O–H groups in total. The summed E-state index contributed by atoms with van der Waals surface area (Å²) in [6.07, 6.45) is -3.59. The summed E-state index contributed by atoms with van der Waals surface area (Å²) in [6.45, 7) is 3.50. The largest absolute Gasteiger partial charge is 0.392 e. The van der Waals surface area contributed by atoms with E-state index in [2.05, 4.69) is 0 Å². The number of hydrogen-bond acceptors (Lipinski definition) is 0. The van der Waals surface area contributed by atoms with Gasteiger partial charge in [-0.3, -0.25) is 0 Å². The molecule has 0 saturated heterocycles. The molecule has 3 heteroatoms. The van der Waals surface area contributed by atoms with Crippen molar-refractivity contribution in [3.05, 3.63) is 6.42 Å². The summed E-state index contributed by atoms with van der Waals surface area (Å²) in [6, 6.07) is 0. The lowest BCUT2D eigenvalue weighted by Crippen LogP contribution is -2.09. The van der Waals surface area contributed by atoms with Crippen molar-refractivity contribution in [3.8, 4) is 0 Å². The van der Waals surface area contributed by atoms with Gasteiger partial charge >= 0.3 is 6.18 Å². The third-order valence-electron chi connectivity index (χ3n) is 0.821. The quantitative estimate of drug-likeness (QED) is 0.551. The van der Waals surface area contributed by atoms with Crippen LogP contribution in [0.5, 0.6) is 0 Å². The van der Waals surface area contributed by atoms with E-state index < -0.39 is 6.18 Å². The summed E-state index contributed by atoms with van der Waals surface area (Å²) < 4.78 is 34.1. The number of alkyl halides is 3. The van der Waals surface area contributed by atoms with E-state index in [1.165, 1.54) is 0 Å². The lowest BCUT2D eigenvalue weighted by atomic mass is 10.1. The van der Waals surface area contributed by atoms with Gasteiger partial charge in [0, 0.05) is 0 Å². The van der Waals surface area contributed by atoms with E-state index in [1.54, 1.807) is 13.8 Å². The third kappa shape index (κ3) is 7.79. The van der Waals surface area contributed by atoms with Crippen LogP contribution in [0.4, 0.5) is 13.2 Å². The van der Waals surface area contributed by atoms with Gasteiger partial charge in [0.15, 0.2) is 0 Å². The Kier molecular flexibility index (Phi) is 3.01. The molecule has 0 aromatic rings. The van der Waals surface area contributed by atoms with Crippen molar-refractivity contribution in [3.63, 3.8) is 0 Å². The minimum absolute atomic E-state index is 0.0895. The van der Waals surface area contributed by atoms with Crippen LogP contribution in [0.1, 0.15) is 20.3 Å². The van der Waals surface area contributed by atoms with Crippen LogP contribution in [0.2, 0.25) is 0 Å². The summed E-state index contributed by atoms with van der Waals surface area (Å²) in [4.78, 5) is 0. The molecule has 0 heterocycles. The Labute approximate surface area is 53.1 Å². The molecular weight excluding hydrogens is 129 g/mol. The molecule has 0 aliphatic carbocycles. The van der Waals surface area contributed by atoms with Crippen molar-refractivity contribution < 1.29 is 13.2 Å². The van der Waals surface area contributed by atoms with Crippen LogP contribution in [0.3, 0.4) is 0 Å². The first kappa shape index (κ1) is 8.79. The topological polar surface area (TPSA) is 0 Å². The molecule has 0 spiro atoms. The zero-order valence-electron chi connectivity index (χ0n) is 5.50. The van der Waals surface area contributed by atoms with Gasteiger partial charge in [-0.15, -0.1) is 0 Å². The summed E-state index contributed by atoms with van der Waals surface area (Å²) in [5.74, 6) is 0.0895. The van der Waals surface area contributed by atoms with Gasteiger partial charge in [0.1, 0.15) is 0 Å². The summed E-state index contributed by atoms with van der Waals surface area (Å²) in [5.41, 5.74) is 0. The molecule has 0 unspecified atom stereocenters. The molecule has 55 valence electrons. The maximum atomic E-state index is 11.4. The average Bonchev–Trinajstić information content (AvgIpc) is 1.59. The van der Waals surface area contributed by atoms with E-state index in [9.17, 15) is 13.2 Å². The minimum Gasteiger partial charge on any atom is -0.171 e. The fraction of sp³-hybridized carbons (Fsp3) is 0.833. The predicted molar refractivity (Wildman–Crippen MR) is 29.8 cm³/mol. The van der Waals surface area contributed by atoms with E-state index >= 15 is 0 Å². The summed E-state index contributed by atoms with van der Waals surface area (Å²) in [7, 11) is 0. The second-order valence-electron chi connectivity index (χ2n) is 2.38. The van der Waals surface area contributed by atoms with Crippen LogP contribution < -0.4 is 0 Å². The lowest BCUT2D eigenvalue weighted by molar-refractivity contribution is -0.0993. The second kappa shape index (κ2) is 3.08. The zero-order chi connectivity index (χ0) is 7.49. The smallest absolute Gasteiger partial charge is 0.171 e. The van der Waals surface area contributed by atoms with E-state index in [1.807, 2.05) is 0 Å². The van der Waals surface area contributed by atoms with Crippen LogP contribution in [0, 0.1) is 12.3 Å². The first-order valence-electron chi connectivity index (χ1n) is 2.83. The molecule has 0 atom stereocenters. The van der Waals surface area contributed by atoms with Gasteiger partial charge in [0.05, 0.1) is 6.42 Å². The molecule has 9 heavy (non-hydrogen) atoms. The number of rotatable bonds is 2. The molecule has 0 aliphatic heterocycles. The summed E-state index contributed by atoms with van der Waals surface area (Å²) >= 11 is 0. The van der Waals surface area contributed by atoms with Crippen molar-refractivity contribution in [2.45, 2.75) is 26.4 Å². The monoisotopic (exact) mass is 139 g/mol. The SMILES string of the molecule is CC(C)C[CH]C(F)(F)F. The molecular formula is C6H10F3. The predicted octanol–water partition coefficient (Wildman–Crippen LogP) is 2.80. The molecule has 0 nitrogen and oxygen atoms in total. The molecule has 0 rings (SSSR count). The van der Waals surface area contributed by atoms with Crippen LogP contribution in [0.15, 0.2) is 0 Å². The number of halogens is 3. The van der Waals surface area contributed by atoms with Gasteiger partial charge in [-0.2, -0.15) is 13.2 Å². The van der Waals surface area contributed by atoms with Gasteiger partial charge < -0.3 is 0 Å². The first-order chi connectivity index (χ1) is 3.92. The first-order valence-corrected chi connectivity index (χ1v) is 2.83. The second-order valence-corrected chi connectivity index (χ2v) is 2.38. The van der Waals surface area contributed by atoms with Crippen LogP contribution in [0.25, 0.3) is 0 Å². The van der Waals surface area contributed by atoms with Crippen LogP contribution >= 0.6 is 0 Å². The van der Waals surface area contributed by atoms with E-state index in [0.29, 0.717) is 6.42 Å². The average molecular weight is 139 g/mol. The van der Waals surface area contributed by atoms with Gasteiger partial charge in [0.25, 0.3) is 0 Å². The molecule has 0 amide bonds. The highest BCUT2D eigenvalue weighted by Gasteiger charge is 2.26. The maximum absolute atomic E-state index is 11.4. The Balaban J connectivity index is 3.28. The highest BCUT2D eigenvalue weighted by Crippen LogP contribution is 2.22. The molecule has 0 saturated carbocycles. The van der Waals surface area contributed by atoms with Crippen LogP contribution in [-0.4, -0.2) is 6.18 Å². The Morgan fingerprint density at radius 3 is 1.89 bits per heavy atom. The molecule has 0 aromatic carbocycles. The van der Waals surface area contributed by atoms with Gasteiger partial charge in [0.2, 0.25) is 0 Å². The van der Waals surface area contributed by atoms with Crippen molar-refractivity contribution >= 4 is 0 Å². The Bertz CT molecular complexity index is 72.9. The fourth-order valence-corrected chi connectivity index (χ4v) is 0.369. The van der Waals surface area contributed by atoms with Gasteiger partial charge in [-0.1, -0.05) is 13.8 Å². The normalized spacial score (nSPS) is 12.7. The van der Waals surface area contributed by atoms with E-state index in [-0.39, 0.29) is 12.3 Å². The minimum atomic E-state index is -4.09. The molecule has 1 radical (unpaired) electrons. The fourth-order valence-electron chi connectivity index (χ4n) is 0.369. The van der Waals surface area contributed by atoms with Crippen molar-refractivity contribution in [1.29, 1.82) is 0 Å². The molecule has 0 fully saturated rings. The standard InChI is InChI=1S/C6H10F3/c1-5(2)3-4-6(7,8)9/h4-5H,3H2,1-2H3. The van der Waals surface area contributed by atoms with Crippen molar-refractivity contribution in [1.82, 2.24) is 0 Å². The van der Waals surface area contributed by atoms with Gasteiger partial charge in [-0.05, 0) is 12.3 Å². The van der Waals surface area contributed by atoms with Crippen molar-refractivity contribution in [2.24, 2.45) is 5.92 Å².